The molecule has 0 spiro atoms. The summed E-state index contributed by atoms with van der Waals surface area (Å²) in [6.45, 7) is 3.10. The van der Waals surface area contributed by atoms with Gasteiger partial charge in [0.05, 0.1) is 16.8 Å². The number of aromatic nitrogens is 3. The summed E-state index contributed by atoms with van der Waals surface area (Å²) in [7, 11) is -3.61. The van der Waals surface area contributed by atoms with Crippen LogP contribution in [-0.2, 0) is 14.8 Å². The number of piperazine rings is 1. The molecule has 32 heavy (non-hydrogen) atoms. The molecular formula is C21H23N7O3S. The second-order valence-corrected chi connectivity index (χ2v) is 9.18. The van der Waals surface area contributed by atoms with Gasteiger partial charge in [-0.1, -0.05) is 0 Å². The molecule has 11 heteroatoms. The Morgan fingerprint density at radius 2 is 1.69 bits per heavy atom. The largest absolute Gasteiger partial charge is 0.352 e. The van der Waals surface area contributed by atoms with Gasteiger partial charge in [-0.2, -0.15) is 4.31 Å². The molecule has 0 aliphatic carbocycles. The van der Waals surface area contributed by atoms with Crippen LogP contribution in [0.15, 0.2) is 65.8 Å². The van der Waals surface area contributed by atoms with E-state index in [-0.39, 0.29) is 10.8 Å². The molecule has 1 fully saturated rings. The molecule has 166 valence electrons. The molecule has 10 nitrogen and oxygen atoms in total. The van der Waals surface area contributed by atoms with Crippen LogP contribution in [0.1, 0.15) is 6.92 Å². The Morgan fingerprint density at radius 3 is 2.28 bits per heavy atom. The highest BCUT2D eigenvalue weighted by Gasteiger charge is 2.29. The van der Waals surface area contributed by atoms with Crippen LogP contribution in [0.5, 0.6) is 0 Å². The predicted molar refractivity (Wildman–Crippen MR) is 121 cm³/mol. The zero-order chi connectivity index (χ0) is 22.6. The van der Waals surface area contributed by atoms with Crippen molar-refractivity contribution >= 4 is 38.9 Å². The fourth-order valence-corrected chi connectivity index (χ4v) is 4.79. The fraction of sp³-hybridized carbons (Fsp3) is 0.238. The van der Waals surface area contributed by atoms with Gasteiger partial charge in [-0.05, 0) is 48.5 Å². The molecule has 1 aliphatic rings. The number of hydrogen-bond donors (Lipinski definition) is 2. The predicted octanol–water partition coefficient (Wildman–Crippen LogP) is 2.08. The van der Waals surface area contributed by atoms with Crippen LogP contribution < -0.4 is 15.5 Å². The van der Waals surface area contributed by atoms with Gasteiger partial charge in [-0.15, -0.1) is 10.2 Å². The lowest BCUT2D eigenvalue weighted by Crippen LogP contribution is -2.49. The highest BCUT2D eigenvalue weighted by molar-refractivity contribution is 7.89. The number of sulfonamides is 1. The monoisotopic (exact) mass is 453 g/mol. The van der Waals surface area contributed by atoms with E-state index >= 15 is 0 Å². The van der Waals surface area contributed by atoms with Gasteiger partial charge in [0.25, 0.3) is 0 Å². The van der Waals surface area contributed by atoms with E-state index in [0.717, 1.165) is 5.69 Å². The van der Waals surface area contributed by atoms with Crippen LogP contribution in [0.4, 0.5) is 23.0 Å². The highest BCUT2D eigenvalue weighted by Crippen LogP contribution is 2.22. The third kappa shape index (κ3) is 5.01. The first kappa shape index (κ1) is 21.7. The van der Waals surface area contributed by atoms with E-state index in [1.54, 1.807) is 24.5 Å². The van der Waals surface area contributed by atoms with Gasteiger partial charge in [-0.25, -0.2) is 8.42 Å². The van der Waals surface area contributed by atoms with Gasteiger partial charge < -0.3 is 15.5 Å². The molecule has 3 heterocycles. The zero-order valence-electron chi connectivity index (χ0n) is 17.5. The lowest BCUT2D eigenvalue weighted by Gasteiger charge is -2.34. The van der Waals surface area contributed by atoms with Crippen LogP contribution in [-0.4, -0.2) is 60.0 Å². The molecule has 1 saturated heterocycles. The molecule has 4 rings (SSSR count). The maximum atomic E-state index is 13.0. The lowest BCUT2D eigenvalue weighted by atomic mass is 10.3. The van der Waals surface area contributed by atoms with Crippen molar-refractivity contribution < 1.29 is 13.2 Å². The van der Waals surface area contributed by atoms with E-state index < -0.39 is 10.0 Å². The number of carbonyl (C=O) groups excluding carboxylic acids is 1. The molecule has 0 saturated carbocycles. The summed E-state index contributed by atoms with van der Waals surface area (Å²) in [6, 6.07) is 13.6. The minimum absolute atomic E-state index is 0.200. The van der Waals surface area contributed by atoms with Gasteiger partial charge >= 0.3 is 0 Å². The van der Waals surface area contributed by atoms with Crippen molar-refractivity contribution in [3.05, 3.63) is 60.9 Å². The highest BCUT2D eigenvalue weighted by atomic mass is 32.2. The minimum atomic E-state index is -3.61. The van der Waals surface area contributed by atoms with Crippen molar-refractivity contribution in [1.82, 2.24) is 19.5 Å². The fourth-order valence-electron chi connectivity index (χ4n) is 3.37. The summed E-state index contributed by atoms with van der Waals surface area (Å²) in [5.74, 6) is 1.09. The van der Waals surface area contributed by atoms with Crippen molar-refractivity contribution in [1.29, 1.82) is 0 Å². The number of benzene rings is 1. The molecule has 1 aliphatic heterocycles. The van der Waals surface area contributed by atoms with Gasteiger partial charge in [0.15, 0.2) is 11.6 Å². The molecular weight excluding hydrogens is 430 g/mol. The van der Waals surface area contributed by atoms with Gasteiger partial charge in [-0.3, -0.25) is 9.78 Å². The average molecular weight is 454 g/mol. The normalized spacial score (nSPS) is 14.7. The van der Waals surface area contributed by atoms with Crippen molar-refractivity contribution in [2.75, 3.05) is 41.7 Å². The van der Waals surface area contributed by atoms with Crippen molar-refractivity contribution in [2.24, 2.45) is 0 Å². The molecule has 1 aromatic carbocycles. The van der Waals surface area contributed by atoms with E-state index in [0.29, 0.717) is 43.5 Å². The third-order valence-corrected chi connectivity index (χ3v) is 6.87. The van der Waals surface area contributed by atoms with Crippen molar-refractivity contribution in [2.45, 2.75) is 11.8 Å². The smallest absolute Gasteiger partial charge is 0.243 e. The first-order valence-corrected chi connectivity index (χ1v) is 11.5. The van der Waals surface area contributed by atoms with Crippen LogP contribution in [0.2, 0.25) is 0 Å². The number of hydrogen-bond acceptors (Lipinski definition) is 8. The van der Waals surface area contributed by atoms with Crippen LogP contribution in [0, 0.1) is 0 Å². The molecule has 0 radical (unpaired) electrons. The number of rotatable bonds is 6. The second-order valence-electron chi connectivity index (χ2n) is 7.24. The maximum absolute atomic E-state index is 13.0. The number of nitrogens with one attached hydrogen (secondary N) is 2. The second kappa shape index (κ2) is 9.28. The maximum Gasteiger partial charge on any atom is 0.243 e. The summed E-state index contributed by atoms with van der Waals surface area (Å²) in [6.07, 6.45) is 3.39. The Morgan fingerprint density at radius 1 is 0.938 bits per heavy atom. The number of nitrogens with zero attached hydrogens (tertiary/aromatic N) is 5. The van der Waals surface area contributed by atoms with Gasteiger partial charge in [0.2, 0.25) is 15.9 Å². The number of anilines is 4. The Balaban J connectivity index is 1.36. The van der Waals surface area contributed by atoms with Crippen molar-refractivity contribution in [3.63, 3.8) is 0 Å². The van der Waals surface area contributed by atoms with E-state index in [2.05, 4.69) is 25.8 Å². The van der Waals surface area contributed by atoms with E-state index in [9.17, 15) is 13.2 Å². The summed E-state index contributed by atoms with van der Waals surface area (Å²) in [4.78, 5) is 17.4. The number of pyridine rings is 1. The van der Waals surface area contributed by atoms with Crippen LogP contribution in [0.3, 0.4) is 0 Å². The molecule has 0 bridgehead atoms. The molecule has 3 aromatic rings. The van der Waals surface area contributed by atoms with Crippen LogP contribution >= 0.6 is 0 Å². The Labute approximate surface area is 186 Å². The Kier molecular flexibility index (Phi) is 6.28. The summed E-state index contributed by atoms with van der Waals surface area (Å²) in [5.41, 5.74) is 1.37. The van der Waals surface area contributed by atoms with E-state index in [1.165, 1.54) is 23.4 Å². The SMILES string of the molecule is CC(=O)Nc1ccc(S(=O)(=O)N2CCN(c3ccc(Nc4cccnc4)nn3)CC2)cc1. The minimum Gasteiger partial charge on any atom is -0.352 e. The van der Waals surface area contributed by atoms with E-state index in [4.69, 9.17) is 0 Å². The zero-order valence-corrected chi connectivity index (χ0v) is 18.3. The quantitative estimate of drug-likeness (QED) is 0.582. The Bertz CT molecular complexity index is 1160. The topological polar surface area (TPSA) is 120 Å². The molecule has 0 atom stereocenters. The lowest BCUT2D eigenvalue weighted by molar-refractivity contribution is -0.114. The molecule has 2 aromatic heterocycles. The van der Waals surface area contributed by atoms with Gasteiger partial charge in [0.1, 0.15) is 0 Å². The number of carbonyl (C=O) groups is 1. The van der Waals surface area contributed by atoms with E-state index in [1.807, 2.05) is 29.2 Å². The molecule has 2 N–H and O–H groups in total. The summed E-state index contributed by atoms with van der Waals surface area (Å²) >= 11 is 0. The first-order valence-electron chi connectivity index (χ1n) is 10.1. The number of amides is 1. The first-order chi connectivity index (χ1) is 15.4. The average Bonchev–Trinajstić information content (AvgIpc) is 2.80. The van der Waals surface area contributed by atoms with Crippen LogP contribution in [0.25, 0.3) is 0 Å². The third-order valence-electron chi connectivity index (χ3n) is 4.96. The summed E-state index contributed by atoms with van der Waals surface area (Å²) in [5, 5.41) is 14.2. The standard InChI is InChI=1S/C21H23N7O3S/c1-16(29)23-17-4-6-19(7-5-17)32(30,31)28-13-11-27(12-14-28)21-9-8-20(25-26-21)24-18-3-2-10-22-15-18/h2-10,15H,11-14H2,1H3,(H,23,29)(H,24,25). The summed E-state index contributed by atoms with van der Waals surface area (Å²) < 4.78 is 27.4. The molecule has 0 unspecified atom stereocenters. The van der Waals surface area contributed by atoms with Crippen molar-refractivity contribution in [3.8, 4) is 0 Å². The molecule has 1 amide bonds. The Hall–Kier alpha value is -3.57. The van der Waals surface area contributed by atoms with Gasteiger partial charge in [0, 0.05) is 45.0 Å².